The minimum atomic E-state index is 0.232. The molecule has 19 heavy (non-hydrogen) atoms. The second-order valence-corrected chi connectivity index (χ2v) is 5.55. The Labute approximate surface area is 115 Å². The molecule has 104 valence electrons. The molecule has 0 spiro atoms. The van der Waals surface area contributed by atoms with Crippen LogP contribution < -0.4 is 10.1 Å². The largest absolute Gasteiger partial charge is 0.488 e. The molecule has 3 heteroatoms. The molecule has 1 aromatic rings. The van der Waals surface area contributed by atoms with Crippen LogP contribution in [0.1, 0.15) is 42.9 Å². The first-order chi connectivity index (χ1) is 9.36. The average molecular weight is 261 g/mol. The number of ether oxygens (including phenoxy) is 2. The quantitative estimate of drug-likeness (QED) is 0.907. The first kappa shape index (κ1) is 12.9. The summed E-state index contributed by atoms with van der Waals surface area (Å²) < 4.78 is 11.5. The number of hydrogen-bond acceptors (Lipinski definition) is 3. The van der Waals surface area contributed by atoms with Crippen molar-refractivity contribution in [2.24, 2.45) is 0 Å². The summed E-state index contributed by atoms with van der Waals surface area (Å²) in [6.07, 6.45) is 6.12. The van der Waals surface area contributed by atoms with E-state index in [1.165, 1.54) is 30.4 Å². The molecule has 1 heterocycles. The van der Waals surface area contributed by atoms with E-state index in [2.05, 4.69) is 23.5 Å². The van der Waals surface area contributed by atoms with Gasteiger partial charge in [0, 0.05) is 12.6 Å². The Hall–Kier alpha value is -1.06. The second-order valence-electron chi connectivity index (χ2n) is 5.55. The van der Waals surface area contributed by atoms with Crippen molar-refractivity contribution in [1.29, 1.82) is 0 Å². The summed E-state index contributed by atoms with van der Waals surface area (Å²) in [4.78, 5) is 0. The van der Waals surface area contributed by atoms with E-state index in [-0.39, 0.29) is 6.10 Å². The van der Waals surface area contributed by atoms with Crippen molar-refractivity contribution in [3.8, 4) is 5.75 Å². The van der Waals surface area contributed by atoms with Crippen molar-refractivity contribution in [2.45, 2.75) is 44.2 Å². The molecule has 0 radical (unpaired) electrons. The van der Waals surface area contributed by atoms with Crippen LogP contribution in [0, 0.1) is 0 Å². The summed E-state index contributed by atoms with van der Waals surface area (Å²) >= 11 is 0. The van der Waals surface area contributed by atoms with E-state index >= 15 is 0 Å². The van der Waals surface area contributed by atoms with Gasteiger partial charge in [0.1, 0.15) is 11.9 Å². The van der Waals surface area contributed by atoms with Crippen LogP contribution in [0.3, 0.4) is 0 Å². The van der Waals surface area contributed by atoms with E-state index in [0.29, 0.717) is 6.04 Å². The fraction of sp³-hybridized carbons (Fsp3) is 0.625. The highest BCUT2D eigenvalue weighted by Crippen LogP contribution is 2.32. The molecule has 2 aliphatic rings. The van der Waals surface area contributed by atoms with E-state index in [1.807, 2.05) is 7.05 Å². The highest BCUT2D eigenvalue weighted by Gasteiger charge is 2.20. The molecule has 1 N–H and O–H groups in total. The zero-order chi connectivity index (χ0) is 13.1. The maximum absolute atomic E-state index is 6.04. The fourth-order valence-corrected chi connectivity index (χ4v) is 3.16. The number of benzene rings is 1. The average Bonchev–Trinajstić information content (AvgIpc) is 2.47. The third kappa shape index (κ3) is 2.93. The minimum absolute atomic E-state index is 0.232. The van der Waals surface area contributed by atoms with Gasteiger partial charge in [0.15, 0.2) is 0 Å². The fourth-order valence-electron chi connectivity index (χ4n) is 3.16. The van der Waals surface area contributed by atoms with Gasteiger partial charge < -0.3 is 14.8 Å². The van der Waals surface area contributed by atoms with Crippen LogP contribution in [0.25, 0.3) is 0 Å². The molecular weight excluding hydrogens is 238 g/mol. The van der Waals surface area contributed by atoms with Crippen molar-refractivity contribution in [3.63, 3.8) is 0 Å². The third-order valence-electron chi connectivity index (χ3n) is 4.20. The van der Waals surface area contributed by atoms with E-state index < -0.39 is 0 Å². The molecule has 0 amide bonds. The monoisotopic (exact) mass is 261 g/mol. The normalized spacial score (nSPS) is 26.8. The van der Waals surface area contributed by atoms with Gasteiger partial charge in [0.25, 0.3) is 0 Å². The van der Waals surface area contributed by atoms with Crippen LogP contribution in [0.15, 0.2) is 18.2 Å². The van der Waals surface area contributed by atoms with Crippen molar-refractivity contribution >= 4 is 0 Å². The van der Waals surface area contributed by atoms with E-state index in [9.17, 15) is 0 Å². The summed E-state index contributed by atoms with van der Waals surface area (Å²) in [7, 11) is 2.05. The van der Waals surface area contributed by atoms with Crippen molar-refractivity contribution in [2.75, 3.05) is 20.3 Å². The molecule has 0 saturated carbocycles. The second kappa shape index (κ2) is 5.93. The molecule has 1 aliphatic heterocycles. The van der Waals surface area contributed by atoms with Gasteiger partial charge in [-0.15, -0.1) is 0 Å². The van der Waals surface area contributed by atoms with Crippen molar-refractivity contribution in [3.05, 3.63) is 29.3 Å². The number of nitrogens with one attached hydrogen (secondary N) is 1. The molecule has 0 bridgehead atoms. The van der Waals surface area contributed by atoms with Gasteiger partial charge in [-0.05, 0) is 62.4 Å². The summed E-state index contributed by atoms with van der Waals surface area (Å²) in [5, 5.41) is 3.40. The summed E-state index contributed by atoms with van der Waals surface area (Å²) in [6, 6.07) is 7.08. The molecule has 1 saturated heterocycles. The lowest BCUT2D eigenvalue weighted by Crippen LogP contribution is -2.28. The van der Waals surface area contributed by atoms with Gasteiger partial charge in [-0.2, -0.15) is 0 Å². The van der Waals surface area contributed by atoms with Gasteiger partial charge in [0.2, 0.25) is 0 Å². The minimum Gasteiger partial charge on any atom is -0.488 e. The van der Waals surface area contributed by atoms with Gasteiger partial charge in [-0.1, -0.05) is 6.07 Å². The van der Waals surface area contributed by atoms with Crippen LogP contribution in [-0.2, 0) is 11.2 Å². The molecular formula is C16H23NO2. The zero-order valence-electron chi connectivity index (χ0n) is 11.7. The van der Waals surface area contributed by atoms with E-state index in [1.54, 1.807) is 0 Å². The zero-order valence-corrected chi connectivity index (χ0v) is 11.7. The summed E-state index contributed by atoms with van der Waals surface area (Å²) in [6.45, 7) is 1.62. The van der Waals surface area contributed by atoms with Gasteiger partial charge in [-0.3, -0.25) is 0 Å². The van der Waals surface area contributed by atoms with E-state index in [4.69, 9.17) is 9.47 Å². The van der Waals surface area contributed by atoms with Crippen LogP contribution in [-0.4, -0.2) is 26.4 Å². The standard InChI is InChI=1S/C16H23NO2/c1-17-16-6-2-4-12-10-13(7-8-15(12)16)19-14-5-3-9-18-11-14/h7-8,10,14,16-17H,2-6,9,11H2,1H3. The molecule has 2 atom stereocenters. The molecule has 1 aliphatic carbocycles. The smallest absolute Gasteiger partial charge is 0.122 e. The highest BCUT2D eigenvalue weighted by atomic mass is 16.5. The Bertz CT molecular complexity index is 427. The Morgan fingerprint density at radius 3 is 3.00 bits per heavy atom. The maximum atomic E-state index is 6.04. The van der Waals surface area contributed by atoms with Crippen LogP contribution in [0.2, 0.25) is 0 Å². The first-order valence-electron chi connectivity index (χ1n) is 7.41. The lowest BCUT2D eigenvalue weighted by Gasteiger charge is -2.27. The number of hydrogen-bond donors (Lipinski definition) is 1. The molecule has 3 nitrogen and oxygen atoms in total. The number of rotatable bonds is 3. The highest BCUT2D eigenvalue weighted by molar-refractivity contribution is 5.39. The third-order valence-corrected chi connectivity index (χ3v) is 4.20. The van der Waals surface area contributed by atoms with Gasteiger partial charge in [-0.25, -0.2) is 0 Å². The Kier molecular flexibility index (Phi) is 4.04. The first-order valence-corrected chi connectivity index (χ1v) is 7.41. The molecule has 3 rings (SSSR count). The van der Waals surface area contributed by atoms with Crippen molar-refractivity contribution in [1.82, 2.24) is 5.32 Å². The number of aryl methyl sites for hydroxylation is 1. The van der Waals surface area contributed by atoms with Gasteiger partial charge >= 0.3 is 0 Å². The van der Waals surface area contributed by atoms with Gasteiger partial charge in [0.05, 0.1) is 6.61 Å². The van der Waals surface area contributed by atoms with Crippen LogP contribution in [0.4, 0.5) is 0 Å². The molecule has 1 aromatic carbocycles. The number of fused-ring (bicyclic) bond motifs is 1. The SMILES string of the molecule is CNC1CCCc2cc(OC3CCCOC3)ccc21. The lowest BCUT2D eigenvalue weighted by atomic mass is 9.87. The predicted molar refractivity (Wildman–Crippen MR) is 75.6 cm³/mol. The summed E-state index contributed by atoms with van der Waals surface area (Å²) in [5.74, 6) is 1.01. The Balaban J connectivity index is 1.73. The van der Waals surface area contributed by atoms with Crippen LogP contribution in [0.5, 0.6) is 5.75 Å². The van der Waals surface area contributed by atoms with E-state index in [0.717, 1.165) is 31.8 Å². The summed E-state index contributed by atoms with van der Waals surface area (Å²) in [5.41, 5.74) is 2.89. The topological polar surface area (TPSA) is 30.5 Å². The molecule has 0 aromatic heterocycles. The predicted octanol–water partition coefficient (Wildman–Crippen LogP) is 2.84. The maximum Gasteiger partial charge on any atom is 0.122 e. The van der Waals surface area contributed by atoms with Crippen LogP contribution >= 0.6 is 0 Å². The Morgan fingerprint density at radius 2 is 2.21 bits per heavy atom. The Morgan fingerprint density at radius 1 is 1.26 bits per heavy atom. The molecule has 1 fully saturated rings. The molecule has 2 unspecified atom stereocenters. The van der Waals surface area contributed by atoms with Crippen molar-refractivity contribution < 1.29 is 9.47 Å². The lowest BCUT2D eigenvalue weighted by molar-refractivity contribution is 0.00738.